The van der Waals surface area contributed by atoms with Gasteiger partial charge in [-0.25, -0.2) is 14.8 Å². The minimum Gasteiger partial charge on any atom is -0.491 e. The number of amides is 2. The smallest absolute Gasteiger partial charge is 0.416 e. The standard InChI is InChI=1S/C25H24F3N5O4/c26-25(27,28)16-3-1-2-15(10-16)20-4-5-21-23(30-20)33(17-7-9-32(21)12-17)24(36)31-22-11-19(6-8-29-22)37-14-18(35)13-34/h1-6,8,10-11,17-18,34-35H,7,9,12-14H2,(H,29,31,36)/t17-,18-/m0/s1. The molecule has 2 amide bonds. The molecule has 5 rings (SSSR count). The van der Waals surface area contributed by atoms with E-state index in [9.17, 15) is 23.1 Å². The van der Waals surface area contributed by atoms with E-state index < -0.39 is 30.5 Å². The van der Waals surface area contributed by atoms with Crippen LogP contribution in [0.15, 0.2) is 54.7 Å². The number of hydrogen-bond donors (Lipinski definition) is 3. The van der Waals surface area contributed by atoms with E-state index in [1.54, 1.807) is 24.3 Å². The van der Waals surface area contributed by atoms with Gasteiger partial charge in [-0.05, 0) is 36.8 Å². The predicted molar refractivity (Wildman–Crippen MR) is 130 cm³/mol. The van der Waals surface area contributed by atoms with E-state index in [4.69, 9.17) is 9.84 Å². The van der Waals surface area contributed by atoms with E-state index in [2.05, 4.69) is 20.2 Å². The first-order valence-corrected chi connectivity index (χ1v) is 11.6. The molecule has 1 aromatic carbocycles. The van der Waals surface area contributed by atoms with Gasteiger partial charge in [-0.2, -0.15) is 13.2 Å². The molecule has 4 heterocycles. The molecule has 0 saturated carbocycles. The van der Waals surface area contributed by atoms with Crippen LogP contribution in [0.3, 0.4) is 0 Å². The fraction of sp³-hybridized carbons (Fsp3) is 0.320. The molecular weight excluding hydrogens is 491 g/mol. The Bertz CT molecular complexity index is 1310. The number of urea groups is 1. The quantitative estimate of drug-likeness (QED) is 0.461. The van der Waals surface area contributed by atoms with Gasteiger partial charge < -0.3 is 19.8 Å². The van der Waals surface area contributed by atoms with Gasteiger partial charge in [0.1, 0.15) is 24.3 Å². The van der Waals surface area contributed by atoms with Gasteiger partial charge in [-0.15, -0.1) is 0 Å². The summed E-state index contributed by atoms with van der Waals surface area (Å²) in [4.78, 5) is 25.8. The molecule has 2 bridgehead atoms. The van der Waals surface area contributed by atoms with Crippen LogP contribution in [-0.2, 0) is 6.18 Å². The van der Waals surface area contributed by atoms with Crippen molar-refractivity contribution in [3.63, 3.8) is 0 Å². The summed E-state index contributed by atoms with van der Waals surface area (Å²) in [5.74, 6) is 0.908. The van der Waals surface area contributed by atoms with Crippen LogP contribution in [-0.4, -0.2) is 64.7 Å². The molecule has 2 aliphatic heterocycles. The van der Waals surface area contributed by atoms with Gasteiger partial charge in [0.25, 0.3) is 0 Å². The average Bonchev–Trinajstić information content (AvgIpc) is 3.31. The van der Waals surface area contributed by atoms with E-state index in [0.717, 1.165) is 24.4 Å². The second kappa shape index (κ2) is 9.87. The Kier molecular flexibility index (Phi) is 6.61. The Morgan fingerprint density at radius 2 is 2.05 bits per heavy atom. The molecule has 1 saturated heterocycles. The zero-order chi connectivity index (χ0) is 26.2. The highest BCUT2D eigenvalue weighted by molar-refractivity contribution is 6.04. The molecule has 0 unspecified atom stereocenters. The van der Waals surface area contributed by atoms with Gasteiger partial charge in [0.05, 0.1) is 29.6 Å². The lowest BCUT2D eigenvalue weighted by Gasteiger charge is -2.35. The predicted octanol–water partition coefficient (Wildman–Crippen LogP) is 3.53. The van der Waals surface area contributed by atoms with Crippen molar-refractivity contribution in [2.75, 3.05) is 41.4 Å². The van der Waals surface area contributed by atoms with Crippen molar-refractivity contribution < 1.29 is 32.9 Å². The largest absolute Gasteiger partial charge is 0.491 e. The number of aliphatic hydroxyl groups is 2. The first-order chi connectivity index (χ1) is 17.7. The lowest BCUT2D eigenvalue weighted by molar-refractivity contribution is -0.137. The SMILES string of the molecule is O=C(Nc1cc(OC[C@@H](O)CO)ccn1)N1c2nc(-c3cccc(C(F)(F)F)c3)ccc2N2CC[C@H]1C2. The molecule has 2 aromatic heterocycles. The van der Waals surface area contributed by atoms with Crippen LogP contribution in [0.1, 0.15) is 12.0 Å². The molecule has 9 nitrogen and oxygen atoms in total. The van der Waals surface area contributed by atoms with Crippen molar-refractivity contribution >= 4 is 23.4 Å². The van der Waals surface area contributed by atoms with Crippen LogP contribution in [0.2, 0.25) is 0 Å². The van der Waals surface area contributed by atoms with E-state index in [1.807, 2.05) is 0 Å². The summed E-state index contributed by atoms with van der Waals surface area (Å²) in [6, 6.07) is 10.7. The van der Waals surface area contributed by atoms with Crippen molar-refractivity contribution in [1.82, 2.24) is 9.97 Å². The van der Waals surface area contributed by atoms with Crippen LogP contribution < -0.4 is 19.9 Å². The number of alkyl halides is 3. The Labute approximate surface area is 210 Å². The summed E-state index contributed by atoms with van der Waals surface area (Å²) < 4.78 is 45.2. The number of aromatic nitrogens is 2. The van der Waals surface area contributed by atoms with E-state index in [1.165, 1.54) is 23.2 Å². The fourth-order valence-corrected chi connectivity index (χ4v) is 4.47. The number of pyridine rings is 2. The fourth-order valence-electron chi connectivity index (χ4n) is 4.47. The zero-order valence-electron chi connectivity index (χ0n) is 19.5. The Hall–Kier alpha value is -3.90. The number of ether oxygens (including phenoxy) is 1. The molecule has 0 radical (unpaired) electrons. The van der Waals surface area contributed by atoms with Crippen molar-refractivity contribution in [3.8, 4) is 17.0 Å². The van der Waals surface area contributed by atoms with Gasteiger partial charge in [-0.1, -0.05) is 12.1 Å². The Morgan fingerprint density at radius 3 is 2.84 bits per heavy atom. The molecule has 194 valence electrons. The number of hydrogen-bond acceptors (Lipinski definition) is 7. The number of halogens is 3. The summed E-state index contributed by atoms with van der Waals surface area (Å²) >= 11 is 0. The second-order valence-electron chi connectivity index (χ2n) is 8.83. The molecule has 2 atom stereocenters. The summed E-state index contributed by atoms with van der Waals surface area (Å²) in [7, 11) is 0. The van der Waals surface area contributed by atoms with Gasteiger partial charge in [0.2, 0.25) is 0 Å². The highest BCUT2D eigenvalue weighted by Gasteiger charge is 2.40. The normalized spacial score (nSPS) is 17.4. The van der Waals surface area contributed by atoms with Gasteiger partial charge in [0.15, 0.2) is 5.82 Å². The third-order valence-corrected chi connectivity index (χ3v) is 6.28. The Balaban J connectivity index is 1.42. The van der Waals surface area contributed by atoms with E-state index in [0.29, 0.717) is 35.8 Å². The van der Waals surface area contributed by atoms with Crippen LogP contribution in [0, 0.1) is 0 Å². The van der Waals surface area contributed by atoms with Gasteiger partial charge in [0, 0.05) is 30.9 Å². The summed E-state index contributed by atoms with van der Waals surface area (Å²) in [5.41, 5.74) is 0.564. The average molecular weight is 515 g/mol. The van der Waals surface area contributed by atoms with Gasteiger partial charge in [-0.3, -0.25) is 10.2 Å². The third-order valence-electron chi connectivity index (χ3n) is 6.28. The first kappa shape index (κ1) is 24.8. The molecule has 12 heteroatoms. The van der Waals surface area contributed by atoms with Crippen molar-refractivity contribution in [2.24, 2.45) is 0 Å². The summed E-state index contributed by atoms with van der Waals surface area (Å²) in [6.07, 6.45) is -3.39. The third kappa shape index (κ3) is 5.16. The van der Waals surface area contributed by atoms with Crippen LogP contribution in [0.5, 0.6) is 5.75 Å². The molecule has 1 fully saturated rings. The number of fused-ring (bicyclic) bond motifs is 4. The summed E-state index contributed by atoms with van der Waals surface area (Å²) in [5, 5.41) is 21.2. The number of anilines is 3. The molecule has 37 heavy (non-hydrogen) atoms. The maximum atomic E-state index is 13.4. The van der Waals surface area contributed by atoms with E-state index >= 15 is 0 Å². The number of nitrogens with one attached hydrogen (secondary N) is 1. The number of carbonyl (C=O) groups is 1. The van der Waals surface area contributed by atoms with Crippen LogP contribution in [0.25, 0.3) is 11.3 Å². The van der Waals surface area contributed by atoms with Crippen molar-refractivity contribution in [1.29, 1.82) is 0 Å². The molecule has 0 aliphatic carbocycles. The maximum Gasteiger partial charge on any atom is 0.416 e. The maximum absolute atomic E-state index is 13.4. The topological polar surface area (TPSA) is 111 Å². The molecule has 3 N–H and O–H groups in total. The summed E-state index contributed by atoms with van der Waals surface area (Å²) in [6.45, 7) is 0.756. The lowest BCUT2D eigenvalue weighted by Crippen LogP contribution is -2.48. The molecule has 0 spiro atoms. The number of nitrogens with zero attached hydrogens (tertiary/aromatic N) is 4. The minimum absolute atomic E-state index is 0.131. The zero-order valence-corrected chi connectivity index (χ0v) is 19.5. The molecule has 2 aliphatic rings. The highest BCUT2D eigenvalue weighted by Crippen LogP contribution is 2.41. The number of aliphatic hydroxyl groups excluding tert-OH is 2. The first-order valence-electron chi connectivity index (χ1n) is 11.6. The van der Waals surface area contributed by atoms with Gasteiger partial charge >= 0.3 is 12.2 Å². The lowest BCUT2D eigenvalue weighted by atomic mass is 10.1. The number of carbonyl (C=O) groups excluding carboxylic acids is 1. The van der Waals surface area contributed by atoms with Crippen molar-refractivity contribution in [3.05, 3.63) is 60.3 Å². The molecule has 3 aromatic rings. The number of benzene rings is 1. The van der Waals surface area contributed by atoms with Crippen LogP contribution in [0.4, 0.5) is 35.3 Å². The second-order valence-corrected chi connectivity index (χ2v) is 8.83. The van der Waals surface area contributed by atoms with E-state index in [-0.39, 0.29) is 18.5 Å². The van der Waals surface area contributed by atoms with Crippen molar-refractivity contribution in [2.45, 2.75) is 24.7 Å². The minimum atomic E-state index is -4.48. The molecular formula is C25H24F3N5O4. The van der Waals surface area contributed by atoms with Crippen LogP contribution >= 0.6 is 0 Å². The monoisotopic (exact) mass is 515 g/mol. The highest BCUT2D eigenvalue weighted by atomic mass is 19.4. The Morgan fingerprint density at radius 1 is 1.22 bits per heavy atom. The number of rotatable bonds is 6.